The number of Topliss-reactive ketones (excluding diaryl/α,β-unsaturated/α-hetero) is 1. The van der Waals surface area contributed by atoms with E-state index in [1.807, 2.05) is 13.8 Å². The summed E-state index contributed by atoms with van der Waals surface area (Å²) in [7, 11) is 0. The number of esters is 1. The molecule has 2 aliphatic rings. The Hall–Kier alpha value is -2.17. The second-order valence-corrected chi connectivity index (χ2v) is 6.72. The molecule has 0 bridgehead atoms. The summed E-state index contributed by atoms with van der Waals surface area (Å²) in [6.07, 6.45) is 1.95. The van der Waals surface area contributed by atoms with E-state index in [1.54, 1.807) is 24.0 Å². The molecule has 0 aromatic heterocycles. The first-order valence-electron chi connectivity index (χ1n) is 7.99. The van der Waals surface area contributed by atoms with Crippen LogP contribution >= 0.6 is 0 Å². The molecule has 5 heteroatoms. The van der Waals surface area contributed by atoms with E-state index in [9.17, 15) is 14.4 Å². The SMILES string of the molecule is CCOC(=O)c1cc2c(cc1C(C)=O)C(C)(C)C(=O)N2C1CC1. The number of ketones is 1. The molecule has 1 aromatic carbocycles. The van der Waals surface area contributed by atoms with Gasteiger partial charge >= 0.3 is 5.97 Å². The molecule has 1 saturated carbocycles. The van der Waals surface area contributed by atoms with Crippen molar-refractivity contribution in [1.29, 1.82) is 0 Å². The third-order valence-electron chi connectivity index (χ3n) is 4.61. The smallest absolute Gasteiger partial charge is 0.338 e. The van der Waals surface area contributed by atoms with Gasteiger partial charge in [0.25, 0.3) is 0 Å². The summed E-state index contributed by atoms with van der Waals surface area (Å²) in [4.78, 5) is 38.8. The molecule has 1 heterocycles. The predicted octanol–water partition coefficient (Wildman–Crippen LogP) is 2.85. The summed E-state index contributed by atoms with van der Waals surface area (Å²) in [5.41, 5.74) is 1.44. The molecule has 0 atom stereocenters. The van der Waals surface area contributed by atoms with Gasteiger partial charge in [0, 0.05) is 17.3 Å². The number of hydrogen-bond acceptors (Lipinski definition) is 4. The summed E-state index contributed by atoms with van der Waals surface area (Å²) >= 11 is 0. The number of fused-ring (bicyclic) bond motifs is 1. The van der Waals surface area contributed by atoms with Gasteiger partial charge in [-0.05, 0) is 58.2 Å². The van der Waals surface area contributed by atoms with Crippen molar-refractivity contribution < 1.29 is 19.1 Å². The summed E-state index contributed by atoms with van der Waals surface area (Å²) in [5.74, 6) is -0.692. The van der Waals surface area contributed by atoms with E-state index in [2.05, 4.69) is 0 Å². The highest BCUT2D eigenvalue weighted by Crippen LogP contribution is 2.47. The minimum absolute atomic E-state index is 0.0329. The minimum Gasteiger partial charge on any atom is -0.462 e. The zero-order valence-electron chi connectivity index (χ0n) is 13.9. The molecule has 23 heavy (non-hydrogen) atoms. The van der Waals surface area contributed by atoms with Crippen molar-refractivity contribution in [1.82, 2.24) is 0 Å². The Labute approximate surface area is 135 Å². The van der Waals surface area contributed by atoms with Gasteiger partial charge in [0.2, 0.25) is 5.91 Å². The fourth-order valence-corrected chi connectivity index (χ4v) is 3.18. The molecule has 0 saturated heterocycles. The maximum Gasteiger partial charge on any atom is 0.338 e. The Balaban J connectivity index is 2.20. The summed E-state index contributed by atoms with van der Waals surface area (Å²) in [6, 6.07) is 3.57. The molecule has 0 radical (unpaired) electrons. The van der Waals surface area contributed by atoms with Gasteiger partial charge in [-0.25, -0.2) is 4.79 Å². The van der Waals surface area contributed by atoms with Crippen molar-refractivity contribution in [3.8, 4) is 0 Å². The first-order valence-corrected chi connectivity index (χ1v) is 7.99. The lowest BCUT2D eigenvalue weighted by Crippen LogP contribution is -2.37. The summed E-state index contributed by atoms with van der Waals surface area (Å²) in [6.45, 7) is 7.12. The van der Waals surface area contributed by atoms with E-state index in [0.717, 1.165) is 24.1 Å². The van der Waals surface area contributed by atoms with Crippen LogP contribution in [0.3, 0.4) is 0 Å². The summed E-state index contributed by atoms with van der Waals surface area (Å²) < 4.78 is 5.07. The molecule has 0 N–H and O–H groups in total. The van der Waals surface area contributed by atoms with E-state index < -0.39 is 11.4 Å². The summed E-state index contributed by atoms with van der Waals surface area (Å²) in [5, 5.41) is 0. The maximum absolute atomic E-state index is 12.8. The number of rotatable bonds is 4. The van der Waals surface area contributed by atoms with Crippen molar-refractivity contribution in [2.24, 2.45) is 0 Å². The van der Waals surface area contributed by atoms with E-state index in [0.29, 0.717) is 5.56 Å². The monoisotopic (exact) mass is 315 g/mol. The lowest BCUT2D eigenvalue weighted by Gasteiger charge is -2.19. The molecular formula is C18H21NO4. The van der Waals surface area contributed by atoms with Crippen LogP contribution in [-0.2, 0) is 14.9 Å². The Bertz CT molecular complexity index is 716. The first-order chi connectivity index (χ1) is 10.8. The van der Waals surface area contributed by atoms with Crippen LogP contribution in [0.15, 0.2) is 12.1 Å². The number of hydrogen-bond donors (Lipinski definition) is 0. The van der Waals surface area contributed by atoms with Crippen molar-refractivity contribution >= 4 is 23.3 Å². The van der Waals surface area contributed by atoms with Crippen LogP contribution in [0.5, 0.6) is 0 Å². The van der Waals surface area contributed by atoms with Crippen LogP contribution in [0.1, 0.15) is 66.8 Å². The molecule has 1 amide bonds. The Kier molecular flexibility index (Phi) is 3.54. The van der Waals surface area contributed by atoms with Crippen LogP contribution in [0.25, 0.3) is 0 Å². The van der Waals surface area contributed by atoms with Crippen LogP contribution < -0.4 is 4.90 Å². The quantitative estimate of drug-likeness (QED) is 0.633. The lowest BCUT2D eigenvalue weighted by atomic mass is 9.84. The van der Waals surface area contributed by atoms with Crippen LogP contribution in [-0.4, -0.2) is 30.3 Å². The van der Waals surface area contributed by atoms with Gasteiger partial charge in [-0.3, -0.25) is 9.59 Å². The first kappa shape index (κ1) is 15.7. The maximum atomic E-state index is 12.8. The third kappa shape index (κ3) is 2.35. The molecule has 5 nitrogen and oxygen atoms in total. The number of benzene rings is 1. The van der Waals surface area contributed by atoms with E-state index in [-0.39, 0.29) is 29.9 Å². The van der Waals surface area contributed by atoms with Gasteiger partial charge in [-0.1, -0.05) is 0 Å². The molecule has 122 valence electrons. The van der Waals surface area contributed by atoms with Gasteiger partial charge in [-0.2, -0.15) is 0 Å². The molecule has 1 aliphatic heterocycles. The van der Waals surface area contributed by atoms with Crippen molar-refractivity contribution in [2.75, 3.05) is 11.5 Å². The third-order valence-corrected chi connectivity index (χ3v) is 4.61. The molecule has 1 aliphatic carbocycles. The average molecular weight is 315 g/mol. The number of ether oxygens (including phenoxy) is 1. The number of carbonyl (C=O) groups excluding carboxylic acids is 3. The Morgan fingerprint density at radius 2 is 1.91 bits per heavy atom. The van der Waals surface area contributed by atoms with E-state index in [4.69, 9.17) is 4.74 Å². The molecule has 0 unspecified atom stereocenters. The van der Waals surface area contributed by atoms with E-state index >= 15 is 0 Å². The largest absolute Gasteiger partial charge is 0.462 e. The topological polar surface area (TPSA) is 63.7 Å². The highest BCUT2D eigenvalue weighted by atomic mass is 16.5. The van der Waals surface area contributed by atoms with Crippen molar-refractivity contribution in [2.45, 2.75) is 52.0 Å². The van der Waals surface area contributed by atoms with Gasteiger partial charge in [0.05, 0.1) is 17.6 Å². The number of carbonyl (C=O) groups is 3. The molecule has 1 fully saturated rings. The highest BCUT2D eigenvalue weighted by molar-refractivity contribution is 6.12. The molecule has 3 rings (SSSR count). The average Bonchev–Trinajstić information content (AvgIpc) is 3.28. The second kappa shape index (κ2) is 5.18. The standard InChI is InChI=1S/C18H21NO4/c1-5-23-16(21)13-9-15-14(8-12(13)10(2)20)18(3,4)17(22)19(15)11-6-7-11/h8-9,11H,5-7H2,1-4H3. The van der Waals surface area contributed by atoms with Gasteiger partial charge < -0.3 is 9.64 Å². The minimum atomic E-state index is -0.685. The number of amides is 1. The van der Waals surface area contributed by atoms with Crippen molar-refractivity contribution in [3.63, 3.8) is 0 Å². The Morgan fingerprint density at radius 3 is 2.43 bits per heavy atom. The molecule has 1 aromatic rings. The molecular weight excluding hydrogens is 294 g/mol. The van der Waals surface area contributed by atoms with Gasteiger partial charge in [0.15, 0.2) is 5.78 Å². The van der Waals surface area contributed by atoms with Crippen LogP contribution in [0, 0.1) is 0 Å². The fourth-order valence-electron chi connectivity index (χ4n) is 3.18. The zero-order chi connectivity index (χ0) is 16.9. The zero-order valence-corrected chi connectivity index (χ0v) is 13.9. The lowest BCUT2D eigenvalue weighted by molar-refractivity contribution is -0.122. The predicted molar refractivity (Wildman–Crippen MR) is 85.9 cm³/mol. The van der Waals surface area contributed by atoms with Gasteiger partial charge in [-0.15, -0.1) is 0 Å². The van der Waals surface area contributed by atoms with Crippen molar-refractivity contribution in [3.05, 3.63) is 28.8 Å². The number of anilines is 1. The normalized spacial score (nSPS) is 18.8. The van der Waals surface area contributed by atoms with Crippen LogP contribution in [0.4, 0.5) is 5.69 Å². The Morgan fingerprint density at radius 1 is 1.26 bits per heavy atom. The number of nitrogens with zero attached hydrogens (tertiary/aromatic N) is 1. The van der Waals surface area contributed by atoms with Gasteiger partial charge in [0.1, 0.15) is 0 Å². The second-order valence-electron chi connectivity index (χ2n) is 6.72. The highest BCUT2D eigenvalue weighted by Gasteiger charge is 2.49. The van der Waals surface area contributed by atoms with E-state index in [1.165, 1.54) is 6.92 Å². The molecule has 0 spiro atoms. The fraction of sp³-hybridized carbons (Fsp3) is 0.500. The van der Waals surface area contributed by atoms with Crippen LogP contribution in [0.2, 0.25) is 0 Å².